The van der Waals surface area contributed by atoms with Crippen molar-refractivity contribution in [3.63, 3.8) is 0 Å². The summed E-state index contributed by atoms with van der Waals surface area (Å²) in [4.78, 5) is 0. The Morgan fingerprint density at radius 1 is 1.22 bits per heavy atom. The van der Waals surface area contributed by atoms with Crippen molar-refractivity contribution in [2.45, 2.75) is 52.2 Å². The molecule has 1 aromatic rings. The standard InChI is InChI=1S/C16H25NO/c1-12-7-8-13(2)15(9-12)11-18-16-6-4-3-5-14(16)10-17/h7-9,14,16H,3-6,10-11,17H2,1-2H3. The molecule has 0 aliphatic heterocycles. The molecule has 0 amide bonds. The van der Waals surface area contributed by atoms with E-state index < -0.39 is 0 Å². The largest absolute Gasteiger partial charge is 0.373 e. The molecule has 2 rings (SSSR count). The molecule has 18 heavy (non-hydrogen) atoms. The maximum atomic E-state index is 6.13. The fourth-order valence-electron chi connectivity index (χ4n) is 2.82. The summed E-state index contributed by atoms with van der Waals surface area (Å²) < 4.78 is 6.13. The molecule has 2 heteroatoms. The predicted octanol–water partition coefficient (Wildman–Crippen LogP) is 3.34. The highest BCUT2D eigenvalue weighted by molar-refractivity contribution is 5.29. The zero-order chi connectivity index (χ0) is 13.0. The maximum Gasteiger partial charge on any atom is 0.0723 e. The summed E-state index contributed by atoms with van der Waals surface area (Å²) in [5, 5.41) is 0. The lowest BCUT2D eigenvalue weighted by molar-refractivity contribution is -0.0184. The first-order chi connectivity index (χ1) is 8.70. The molecule has 1 aliphatic carbocycles. The molecule has 0 saturated heterocycles. The van der Waals surface area contributed by atoms with Gasteiger partial charge in [0.05, 0.1) is 12.7 Å². The summed E-state index contributed by atoms with van der Waals surface area (Å²) in [6.45, 7) is 5.78. The van der Waals surface area contributed by atoms with E-state index in [2.05, 4.69) is 32.0 Å². The molecule has 0 bridgehead atoms. The van der Waals surface area contributed by atoms with Gasteiger partial charge in [-0.25, -0.2) is 0 Å². The topological polar surface area (TPSA) is 35.2 Å². The van der Waals surface area contributed by atoms with Gasteiger partial charge >= 0.3 is 0 Å². The number of nitrogens with two attached hydrogens (primary N) is 1. The molecular formula is C16H25NO. The minimum Gasteiger partial charge on any atom is -0.373 e. The van der Waals surface area contributed by atoms with E-state index in [-0.39, 0.29) is 0 Å². The van der Waals surface area contributed by atoms with Crippen molar-refractivity contribution in [2.75, 3.05) is 6.54 Å². The van der Waals surface area contributed by atoms with Crippen LogP contribution in [0.15, 0.2) is 18.2 Å². The van der Waals surface area contributed by atoms with Gasteiger partial charge in [-0.1, -0.05) is 36.6 Å². The van der Waals surface area contributed by atoms with Gasteiger partial charge in [0, 0.05) is 0 Å². The second kappa shape index (κ2) is 6.35. The first-order valence-electron chi connectivity index (χ1n) is 7.08. The van der Waals surface area contributed by atoms with Gasteiger partial charge in [0.25, 0.3) is 0 Å². The third kappa shape index (κ3) is 3.33. The summed E-state index contributed by atoms with van der Waals surface area (Å²) in [6, 6.07) is 6.56. The molecule has 0 radical (unpaired) electrons. The molecule has 1 saturated carbocycles. The van der Waals surface area contributed by atoms with Crippen LogP contribution in [-0.4, -0.2) is 12.6 Å². The Bertz CT molecular complexity index is 389. The van der Waals surface area contributed by atoms with Crippen LogP contribution >= 0.6 is 0 Å². The first kappa shape index (κ1) is 13.6. The van der Waals surface area contributed by atoms with Crippen molar-refractivity contribution in [3.8, 4) is 0 Å². The second-order valence-corrected chi connectivity index (χ2v) is 5.56. The fraction of sp³-hybridized carbons (Fsp3) is 0.625. The van der Waals surface area contributed by atoms with Crippen molar-refractivity contribution >= 4 is 0 Å². The molecule has 1 aliphatic rings. The Balaban J connectivity index is 1.95. The number of rotatable bonds is 4. The van der Waals surface area contributed by atoms with E-state index in [9.17, 15) is 0 Å². The summed E-state index contributed by atoms with van der Waals surface area (Å²) >= 11 is 0. The van der Waals surface area contributed by atoms with Crippen molar-refractivity contribution in [1.82, 2.24) is 0 Å². The number of ether oxygens (including phenoxy) is 1. The number of aryl methyl sites for hydroxylation is 2. The highest BCUT2D eigenvalue weighted by atomic mass is 16.5. The third-order valence-electron chi connectivity index (χ3n) is 4.10. The molecule has 2 N–H and O–H groups in total. The monoisotopic (exact) mass is 247 g/mol. The van der Waals surface area contributed by atoms with Gasteiger partial charge in [-0.3, -0.25) is 0 Å². The maximum absolute atomic E-state index is 6.13. The van der Waals surface area contributed by atoms with E-state index in [1.165, 1.54) is 42.4 Å². The Labute approximate surface area is 111 Å². The van der Waals surface area contributed by atoms with Crippen molar-refractivity contribution in [3.05, 3.63) is 34.9 Å². The Morgan fingerprint density at radius 2 is 2.00 bits per heavy atom. The third-order valence-corrected chi connectivity index (χ3v) is 4.10. The first-order valence-corrected chi connectivity index (χ1v) is 7.08. The van der Waals surface area contributed by atoms with Crippen molar-refractivity contribution < 1.29 is 4.74 Å². The van der Waals surface area contributed by atoms with E-state index in [1.807, 2.05) is 0 Å². The smallest absolute Gasteiger partial charge is 0.0723 e. The van der Waals surface area contributed by atoms with Crippen LogP contribution in [0.25, 0.3) is 0 Å². The molecule has 0 aromatic heterocycles. The van der Waals surface area contributed by atoms with Crippen molar-refractivity contribution in [2.24, 2.45) is 11.7 Å². The lowest BCUT2D eigenvalue weighted by atomic mass is 9.86. The number of hydrogen-bond acceptors (Lipinski definition) is 2. The Hall–Kier alpha value is -0.860. The molecule has 2 unspecified atom stereocenters. The molecule has 0 spiro atoms. The fourth-order valence-corrected chi connectivity index (χ4v) is 2.82. The van der Waals surface area contributed by atoms with Crippen molar-refractivity contribution in [1.29, 1.82) is 0 Å². The minimum absolute atomic E-state index is 0.365. The van der Waals surface area contributed by atoms with Crippen LogP contribution in [-0.2, 0) is 11.3 Å². The minimum atomic E-state index is 0.365. The van der Waals surface area contributed by atoms with Gasteiger partial charge in [-0.2, -0.15) is 0 Å². The van der Waals surface area contributed by atoms with E-state index in [4.69, 9.17) is 10.5 Å². The van der Waals surface area contributed by atoms with Crippen LogP contribution in [0.2, 0.25) is 0 Å². The van der Waals surface area contributed by atoms with Gasteiger partial charge in [0.2, 0.25) is 0 Å². The van der Waals surface area contributed by atoms with E-state index in [0.29, 0.717) is 12.0 Å². The summed E-state index contributed by atoms with van der Waals surface area (Å²) in [7, 11) is 0. The van der Waals surface area contributed by atoms with Gasteiger partial charge in [-0.05, 0) is 50.3 Å². The van der Waals surface area contributed by atoms with Crippen LogP contribution in [0.3, 0.4) is 0 Å². The Morgan fingerprint density at radius 3 is 2.78 bits per heavy atom. The van der Waals surface area contributed by atoms with Gasteiger partial charge < -0.3 is 10.5 Å². The van der Waals surface area contributed by atoms with E-state index >= 15 is 0 Å². The average Bonchev–Trinajstić information content (AvgIpc) is 2.40. The van der Waals surface area contributed by atoms with Gasteiger partial charge in [0.15, 0.2) is 0 Å². The Kier molecular flexibility index (Phi) is 4.79. The lowest BCUT2D eigenvalue weighted by Gasteiger charge is -2.30. The molecule has 1 fully saturated rings. The summed E-state index contributed by atoms with van der Waals surface area (Å²) in [5.74, 6) is 0.559. The van der Waals surface area contributed by atoms with Gasteiger partial charge in [0.1, 0.15) is 0 Å². The second-order valence-electron chi connectivity index (χ2n) is 5.56. The highest BCUT2D eigenvalue weighted by Crippen LogP contribution is 2.27. The van der Waals surface area contributed by atoms with Crippen LogP contribution in [0, 0.1) is 19.8 Å². The average molecular weight is 247 g/mol. The molecule has 0 heterocycles. The molecule has 1 aromatic carbocycles. The molecule has 2 atom stereocenters. The van der Waals surface area contributed by atoms with Crippen LogP contribution in [0.4, 0.5) is 0 Å². The van der Waals surface area contributed by atoms with Crippen LogP contribution in [0.5, 0.6) is 0 Å². The normalized spacial score (nSPS) is 24.2. The summed E-state index contributed by atoms with van der Waals surface area (Å²) in [5.41, 5.74) is 9.78. The SMILES string of the molecule is Cc1ccc(C)c(COC2CCCCC2CN)c1. The summed E-state index contributed by atoms with van der Waals surface area (Å²) in [6.07, 6.45) is 5.36. The lowest BCUT2D eigenvalue weighted by Crippen LogP contribution is -2.33. The highest BCUT2D eigenvalue weighted by Gasteiger charge is 2.24. The molecular weight excluding hydrogens is 222 g/mol. The van der Waals surface area contributed by atoms with E-state index in [0.717, 1.165) is 13.2 Å². The van der Waals surface area contributed by atoms with E-state index in [1.54, 1.807) is 0 Å². The van der Waals surface area contributed by atoms with Crippen LogP contribution < -0.4 is 5.73 Å². The van der Waals surface area contributed by atoms with Crippen LogP contribution in [0.1, 0.15) is 42.4 Å². The number of benzene rings is 1. The quantitative estimate of drug-likeness (QED) is 0.885. The zero-order valence-corrected chi connectivity index (χ0v) is 11.6. The molecule has 2 nitrogen and oxygen atoms in total. The predicted molar refractivity (Wildman–Crippen MR) is 75.5 cm³/mol. The number of hydrogen-bond donors (Lipinski definition) is 1. The zero-order valence-electron chi connectivity index (χ0n) is 11.6. The van der Waals surface area contributed by atoms with Gasteiger partial charge in [-0.15, -0.1) is 0 Å². The molecule has 100 valence electrons.